The number of rotatable bonds is 2. The predicted octanol–water partition coefficient (Wildman–Crippen LogP) is 0.604. The van der Waals surface area contributed by atoms with Gasteiger partial charge in [0, 0.05) is 0 Å². The highest BCUT2D eigenvalue weighted by Crippen LogP contribution is 2.21. The Morgan fingerprint density at radius 2 is 1.82 bits per heavy atom. The molecule has 0 saturated carbocycles. The first-order valence-electron chi connectivity index (χ1n) is 3.81. The summed E-state index contributed by atoms with van der Waals surface area (Å²) in [6.45, 7) is 3.11. The van der Waals surface area contributed by atoms with Crippen molar-refractivity contribution in [1.82, 2.24) is 0 Å². The molecule has 2 atom stereocenters. The predicted molar refractivity (Wildman–Crippen MR) is 48.1 cm³/mol. The molecule has 0 aliphatic carbocycles. The van der Waals surface area contributed by atoms with Crippen LogP contribution in [0.4, 0.5) is 0 Å². The zero-order chi connectivity index (χ0) is 7.68. The van der Waals surface area contributed by atoms with Gasteiger partial charge in [0.05, 0.1) is 36.5 Å². The van der Waals surface area contributed by atoms with Crippen LogP contribution in [-0.2, 0) is 14.2 Å². The first-order chi connectivity index (χ1) is 5.36. The summed E-state index contributed by atoms with van der Waals surface area (Å²) in [5, 5.41) is 0. The lowest BCUT2D eigenvalue weighted by atomic mass is 10.3. The molecule has 2 aliphatic heterocycles. The monoisotopic (exact) mass is 270 g/mol. The molecule has 0 spiro atoms. The lowest BCUT2D eigenvalue weighted by Crippen LogP contribution is -2.41. The topological polar surface area (TPSA) is 27.7 Å². The lowest BCUT2D eigenvalue weighted by Gasteiger charge is -2.29. The molecule has 2 aliphatic rings. The number of alkyl halides is 1. The normalized spacial score (nSPS) is 39.0. The van der Waals surface area contributed by atoms with Crippen LogP contribution in [0.3, 0.4) is 0 Å². The smallest absolute Gasteiger partial charge is 0.105 e. The maximum Gasteiger partial charge on any atom is 0.105 e. The molecule has 2 unspecified atom stereocenters. The van der Waals surface area contributed by atoms with Gasteiger partial charge in [0.1, 0.15) is 6.10 Å². The molecule has 0 radical (unpaired) electrons. The molecule has 0 bridgehead atoms. The average Bonchev–Trinajstić information content (AvgIpc) is 2.27. The van der Waals surface area contributed by atoms with E-state index in [2.05, 4.69) is 22.6 Å². The van der Waals surface area contributed by atoms with E-state index in [4.69, 9.17) is 14.2 Å². The third-order valence-corrected chi connectivity index (χ3v) is 3.10. The van der Waals surface area contributed by atoms with Crippen LogP contribution >= 0.6 is 22.6 Å². The Hall–Kier alpha value is 0.610. The van der Waals surface area contributed by atoms with Crippen LogP contribution < -0.4 is 0 Å². The average molecular weight is 270 g/mol. The fourth-order valence-corrected chi connectivity index (χ4v) is 1.80. The van der Waals surface area contributed by atoms with E-state index in [0.717, 1.165) is 26.4 Å². The largest absolute Gasteiger partial charge is 0.378 e. The molecule has 0 aromatic heterocycles. The minimum absolute atomic E-state index is 0.296. The molecule has 0 aromatic rings. The highest BCUT2D eigenvalue weighted by atomic mass is 127. The van der Waals surface area contributed by atoms with Crippen LogP contribution in [0.5, 0.6) is 0 Å². The van der Waals surface area contributed by atoms with Crippen molar-refractivity contribution in [3.05, 3.63) is 0 Å². The maximum atomic E-state index is 5.70. The molecule has 0 N–H and O–H groups in total. The second-order valence-electron chi connectivity index (χ2n) is 2.89. The van der Waals surface area contributed by atoms with Gasteiger partial charge in [0.25, 0.3) is 0 Å². The SMILES string of the molecule is IC1COCC1OC1COC1. The Labute approximate surface area is 79.5 Å². The van der Waals surface area contributed by atoms with Gasteiger partial charge < -0.3 is 14.2 Å². The van der Waals surface area contributed by atoms with Crippen molar-refractivity contribution >= 4 is 22.6 Å². The van der Waals surface area contributed by atoms with Gasteiger partial charge in [-0.15, -0.1) is 0 Å². The van der Waals surface area contributed by atoms with Crippen LogP contribution in [-0.4, -0.2) is 42.6 Å². The van der Waals surface area contributed by atoms with Gasteiger partial charge >= 0.3 is 0 Å². The molecule has 4 heteroatoms. The summed E-state index contributed by atoms with van der Waals surface area (Å²) < 4.78 is 16.5. The van der Waals surface area contributed by atoms with E-state index in [1.165, 1.54) is 0 Å². The molecule has 0 amide bonds. The summed E-state index contributed by atoms with van der Waals surface area (Å²) in [7, 11) is 0. The summed E-state index contributed by atoms with van der Waals surface area (Å²) in [5.41, 5.74) is 0. The third-order valence-electron chi connectivity index (χ3n) is 1.94. The van der Waals surface area contributed by atoms with E-state index in [1.54, 1.807) is 0 Å². The van der Waals surface area contributed by atoms with Crippen LogP contribution in [0.15, 0.2) is 0 Å². The Morgan fingerprint density at radius 3 is 2.27 bits per heavy atom. The summed E-state index contributed by atoms with van der Waals surface area (Å²) in [6, 6.07) is 0. The second kappa shape index (κ2) is 3.55. The third kappa shape index (κ3) is 1.85. The Balaban J connectivity index is 1.75. The van der Waals surface area contributed by atoms with Crippen molar-refractivity contribution in [3.8, 4) is 0 Å². The standard InChI is InChI=1S/C7H11IO3/c8-6-3-10-4-7(6)11-5-1-9-2-5/h5-7H,1-4H2. The maximum absolute atomic E-state index is 5.70. The van der Waals surface area contributed by atoms with Crippen LogP contribution in [0.1, 0.15) is 0 Å². The summed E-state index contributed by atoms with van der Waals surface area (Å²) in [6.07, 6.45) is 0.628. The fraction of sp³-hybridized carbons (Fsp3) is 1.00. The van der Waals surface area contributed by atoms with Gasteiger partial charge in [-0.05, 0) is 0 Å². The zero-order valence-corrected chi connectivity index (χ0v) is 8.32. The lowest BCUT2D eigenvalue weighted by molar-refractivity contribution is -0.152. The van der Waals surface area contributed by atoms with Gasteiger partial charge in [0.15, 0.2) is 0 Å². The number of ether oxygens (including phenoxy) is 3. The molecule has 2 fully saturated rings. The van der Waals surface area contributed by atoms with Crippen molar-refractivity contribution in [2.45, 2.75) is 16.1 Å². The number of halogens is 1. The molecular formula is C7H11IO3. The molecule has 0 aromatic carbocycles. The molecule has 3 nitrogen and oxygen atoms in total. The zero-order valence-electron chi connectivity index (χ0n) is 6.16. The van der Waals surface area contributed by atoms with Gasteiger partial charge in [-0.3, -0.25) is 0 Å². The quantitative estimate of drug-likeness (QED) is 0.543. The van der Waals surface area contributed by atoms with Gasteiger partial charge in [-0.2, -0.15) is 0 Å². The van der Waals surface area contributed by atoms with Crippen LogP contribution in [0.25, 0.3) is 0 Å². The highest BCUT2D eigenvalue weighted by Gasteiger charge is 2.31. The Kier molecular flexibility index (Phi) is 2.65. The molecule has 2 heterocycles. The first kappa shape index (κ1) is 8.22. The number of hydrogen-bond donors (Lipinski definition) is 0. The Morgan fingerprint density at radius 1 is 1.09 bits per heavy atom. The van der Waals surface area contributed by atoms with E-state index in [9.17, 15) is 0 Å². The van der Waals surface area contributed by atoms with E-state index in [0.29, 0.717) is 16.1 Å². The van der Waals surface area contributed by atoms with Gasteiger partial charge in [-0.1, -0.05) is 22.6 Å². The van der Waals surface area contributed by atoms with Gasteiger partial charge in [0.2, 0.25) is 0 Å². The summed E-state index contributed by atoms with van der Waals surface area (Å²) >= 11 is 2.38. The van der Waals surface area contributed by atoms with Crippen LogP contribution in [0.2, 0.25) is 0 Å². The molecule has 2 rings (SSSR count). The minimum atomic E-state index is 0.296. The molecular weight excluding hydrogens is 259 g/mol. The van der Waals surface area contributed by atoms with Crippen LogP contribution in [0, 0.1) is 0 Å². The van der Waals surface area contributed by atoms with E-state index >= 15 is 0 Å². The van der Waals surface area contributed by atoms with E-state index in [-0.39, 0.29) is 0 Å². The number of hydrogen-bond acceptors (Lipinski definition) is 3. The minimum Gasteiger partial charge on any atom is -0.378 e. The molecule has 11 heavy (non-hydrogen) atoms. The summed E-state index contributed by atoms with van der Waals surface area (Å²) in [4.78, 5) is 0. The van der Waals surface area contributed by atoms with Crippen molar-refractivity contribution in [2.75, 3.05) is 26.4 Å². The van der Waals surface area contributed by atoms with Gasteiger partial charge in [-0.25, -0.2) is 0 Å². The van der Waals surface area contributed by atoms with Crippen molar-refractivity contribution < 1.29 is 14.2 Å². The van der Waals surface area contributed by atoms with Crippen molar-refractivity contribution in [2.24, 2.45) is 0 Å². The molecule has 2 saturated heterocycles. The van der Waals surface area contributed by atoms with Crippen molar-refractivity contribution in [1.29, 1.82) is 0 Å². The Bertz CT molecular complexity index is 138. The fourth-order valence-electron chi connectivity index (χ4n) is 1.17. The highest BCUT2D eigenvalue weighted by molar-refractivity contribution is 14.1. The summed E-state index contributed by atoms with van der Waals surface area (Å²) in [5.74, 6) is 0. The second-order valence-corrected chi connectivity index (χ2v) is 4.49. The van der Waals surface area contributed by atoms with E-state index < -0.39 is 0 Å². The molecule has 64 valence electrons. The van der Waals surface area contributed by atoms with E-state index in [1.807, 2.05) is 0 Å². The van der Waals surface area contributed by atoms with Crippen molar-refractivity contribution in [3.63, 3.8) is 0 Å². The first-order valence-corrected chi connectivity index (χ1v) is 5.06.